The summed E-state index contributed by atoms with van der Waals surface area (Å²) in [5, 5.41) is -0.246. The van der Waals surface area contributed by atoms with E-state index < -0.39 is 5.38 Å². The molecule has 2 aromatic carbocycles. The van der Waals surface area contributed by atoms with Gasteiger partial charge in [-0.3, -0.25) is 0 Å². The number of rotatable bonds is 2. The third-order valence-corrected chi connectivity index (χ3v) is 3.74. The molecule has 0 amide bonds. The molecular weight excluding hydrogens is 326 g/mol. The van der Waals surface area contributed by atoms with Gasteiger partial charge >= 0.3 is 0 Å². The van der Waals surface area contributed by atoms with Gasteiger partial charge in [-0.25, -0.2) is 4.39 Å². The Morgan fingerprint density at radius 2 is 1.71 bits per heavy atom. The van der Waals surface area contributed by atoms with Crippen molar-refractivity contribution in [3.05, 3.63) is 68.9 Å². The maximum atomic E-state index is 13.7. The average Bonchev–Trinajstić information content (AvgIpc) is 2.29. The molecule has 88 valence electrons. The summed E-state index contributed by atoms with van der Waals surface area (Å²) in [6, 6.07) is 11.9. The fourth-order valence-electron chi connectivity index (χ4n) is 1.55. The van der Waals surface area contributed by atoms with Crippen LogP contribution in [-0.2, 0) is 0 Å². The first-order chi connectivity index (χ1) is 8.09. The zero-order valence-corrected chi connectivity index (χ0v) is 11.7. The van der Waals surface area contributed by atoms with Crippen LogP contribution >= 0.6 is 39.1 Å². The predicted molar refractivity (Wildman–Crippen MR) is 73.2 cm³/mol. The standard InChI is InChI=1S/C13H8BrCl2F/c14-9-6-4-8(5-7-9)13(16)12-10(15)2-1-3-11(12)17/h1-7,13H. The van der Waals surface area contributed by atoms with Crippen LogP contribution in [0.1, 0.15) is 16.5 Å². The number of alkyl halides is 1. The molecule has 0 aliphatic heterocycles. The lowest BCUT2D eigenvalue weighted by atomic mass is 10.0. The quantitative estimate of drug-likeness (QED) is 0.630. The Kier molecular flexibility index (Phi) is 4.08. The van der Waals surface area contributed by atoms with Crippen molar-refractivity contribution >= 4 is 39.1 Å². The first-order valence-electron chi connectivity index (χ1n) is 4.93. The minimum atomic E-state index is -0.586. The molecule has 1 unspecified atom stereocenters. The van der Waals surface area contributed by atoms with E-state index in [2.05, 4.69) is 15.9 Å². The molecule has 0 N–H and O–H groups in total. The first kappa shape index (κ1) is 12.9. The van der Waals surface area contributed by atoms with Gasteiger partial charge in [0.2, 0.25) is 0 Å². The van der Waals surface area contributed by atoms with E-state index in [0.717, 1.165) is 10.0 Å². The van der Waals surface area contributed by atoms with Crippen molar-refractivity contribution in [2.45, 2.75) is 5.38 Å². The lowest BCUT2D eigenvalue weighted by molar-refractivity contribution is 0.612. The molecular formula is C13H8BrCl2F. The molecule has 2 aromatic rings. The molecule has 1 atom stereocenters. The Morgan fingerprint density at radius 3 is 2.29 bits per heavy atom. The van der Waals surface area contributed by atoms with Crippen LogP contribution < -0.4 is 0 Å². The highest BCUT2D eigenvalue weighted by Gasteiger charge is 2.18. The number of benzene rings is 2. The fraction of sp³-hybridized carbons (Fsp3) is 0.0769. The minimum absolute atomic E-state index is 0.318. The summed E-state index contributed by atoms with van der Waals surface area (Å²) in [7, 11) is 0. The van der Waals surface area contributed by atoms with Gasteiger partial charge in [-0.1, -0.05) is 45.7 Å². The molecule has 0 radical (unpaired) electrons. The normalized spacial score (nSPS) is 12.5. The average molecular weight is 334 g/mol. The van der Waals surface area contributed by atoms with Crippen molar-refractivity contribution < 1.29 is 4.39 Å². The number of halogens is 4. The van der Waals surface area contributed by atoms with Crippen molar-refractivity contribution in [2.75, 3.05) is 0 Å². The number of hydrogen-bond acceptors (Lipinski definition) is 0. The van der Waals surface area contributed by atoms with E-state index in [1.54, 1.807) is 12.1 Å². The van der Waals surface area contributed by atoms with Gasteiger partial charge in [0.05, 0.1) is 5.38 Å². The second-order valence-corrected chi connectivity index (χ2v) is 5.31. The van der Waals surface area contributed by atoms with Crippen LogP contribution in [0.4, 0.5) is 4.39 Å². The van der Waals surface area contributed by atoms with Crippen molar-refractivity contribution in [1.82, 2.24) is 0 Å². The van der Waals surface area contributed by atoms with Crippen LogP contribution in [0.15, 0.2) is 46.9 Å². The predicted octanol–water partition coefficient (Wildman–Crippen LogP) is 5.57. The van der Waals surface area contributed by atoms with Crippen molar-refractivity contribution in [1.29, 1.82) is 0 Å². The summed E-state index contributed by atoms with van der Waals surface area (Å²) in [5.41, 5.74) is 1.13. The number of hydrogen-bond donors (Lipinski definition) is 0. The maximum Gasteiger partial charge on any atom is 0.129 e. The lowest BCUT2D eigenvalue weighted by Crippen LogP contribution is -1.98. The van der Waals surface area contributed by atoms with E-state index in [1.165, 1.54) is 6.07 Å². The monoisotopic (exact) mass is 332 g/mol. The minimum Gasteiger partial charge on any atom is -0.207 e. The Morgan fingerprint density at radius 1 is 1.06 bits per heavy atom. The molecule has 0 bridgehead atoms. The van der Waals surface area contributed by atoms with E-state index in [-0.39, 0.29) is 5.82 Å². The second-order valence-electron chi connectivity index (χ2n) is 3.55. The summed E-state index contributed by atoms with van der Waals surface area (Å²) in [6.07, 6.45) is 0. The summed E-state index contributed by atoms with van der Waals surface area (Å²) in [5.74, 6) is -0.389. The van der Waals surface area contributed by atoms with Gasteiger partial charge < -0.3 is 0 Å². The summed E-state index contributed by atoms with van der Waals surface area (Å²) >= 11 is 15.6. The molecule has 0 saturated carbocycles. The van der Waals surface area contributed by atoms with Gasteiger partial charge in [-0.15, -0.1) is 11.6 Å². The van der Waals surface area contributed by atoms with Crippen LogP contribution in [0.3, 0.4) is 0 Å². The van der Waals surface area contributed by atoms with Gasteiger partial charge in [0.25, 0.3) is 0 Å². The highest BCUT2D eigenvalue weighted by atomic mass is 79.9. The van der Waals surface area contributed by atoms with Gasteiger partial charge in [-0.05, 0) is 29.8 Å². The topological polar surface area (TPSA) is 0 Å². The Balaban J connectivity index is 2.43. The van der Waals surface area contributed by atoms with Crippen molar-refractivity contribution in [3.63, 3.8) is 0 Å². The van der Waals surface area contributed by atoms with Crippen molar-refractivity contribution in [3.8, 4) is 0 Å². The van der Waals surface area contributed by atoms with Crippen LogP contribution in [0.5, 0.6) is 0 Å². The van der Waals surface area contributed by atoms with Gasteiger partial charge in [0.1, 0.15) is 5.82 Å². The molecule has 0 aromatic heterocycles. The molecule has 17 heavy (non-hydrogen) atoms. The maximum absolute atomic E-state index is 13.7. The summed E-state index contributed by atoms with van der Waals surface area (Å²) < 4.78 is 14.6. The van der Waals surface area contributed by atoms with Crippen LogP contribution in [0.2, 0.25) is 5.02 Å². The molecule has 0 saturated heterocycles. The summed E-state index contributed by atoms with van der Waals surface area (Å²) in [6.45, 7) is 0. The Hall–Kier alpha value is -0.570. The van der Waals surface area contributed by atoms with Crippen LogP contribution in [0, 0.1) is 5.82 Å². The van der Waals surface area contributed by atoms with Crippen LogP contribution in [0.25, 0.3) is 0 Å². The van der Waals surface area contributed by atoms with E-state index in [4.69, 9.17) is 23.2 Å². The SMILES string of the molecule is Fc1cccc(Cl)c1C(Cl)c1ccc(Br)cc1. The largest absolute Gasteiger partial charge is 0.207 e. The van der Waals surface area contributed by atoms with E-state index >= 15 is 0 Å². The van der Waals surface area contributed by atoms with Gasteiger partial charge in [0, 0.05) is 15.1 Å². The van der Waals surface area contributed by atoms with E-state index in [0.29, 0.717) is 10.6 Å². The highest BCUT2D eigenvalue weighted by Crippen LogP contribution is 2.35. The smallest absolute Gasteiger partial charge is 0.129 e. The summed E-state index contributed by atoms with van der Waals surface area (Å²) in [4.78, 5) is 0. The highest BCUT2D eigenvalue weighted by molar-refractivity contribution is 9.10. The van der Waals surface area contributed by atoms with Gasteiger partial charge in [-0.2, -0.15) is 0 Å². The molecule has 0 aliphatic rings. The van der Waals surface area contributed by atoms with Crippen molar-refractivity contribution in [2.24, 2.45) is 0 Å². The molecule has 0 fully saturated rings. The third kappa shape index (κ3) is 2.82. The molecule has 0 heterocycles. The molecule has 0 aliphatic carbocycles. The lowest BCUT2D eigenvalue weighted by Gasteiger charge is -2.13. The Labute approximate surface area is 117 Å². The molecule has 0 nitrogen and oxygen atoms in total. The fourth-order valence-corrected chi connectivity index (χ4v) is 2.51. The third-order valence-electron chi connectivity index (χ3n) is 2.42. The first-order valence-corrected chi connectivity index (χ1v) is 6.54. The molecule has 2 rings (SSSR count). The zero-order valence-electron chi connectivity index (χ0n) is 8.63. The van der Waals surface area contributed by atoms with E-state index in [9.17, 15) is 4.39 Å². The van der Waals surface area contributed by atoms with Crippen LogP contribution in [-0.4, -0.2) is 0 Å². The Bertz CT molecular complexity index is 505. The van der Waals surface area contributed by atoms with Gasteiger partial charge in [0.15, 0.2) is 0 Å². The second kappa shape index (κ2) is 5.38. The molecule has 4 heteroatoms. The molecule has 0 spiro atoms. The zero-order chi connectivity index (χ0) is 12.4. The van der Waals surface area contributed by atoms with E-state index in [1.807, 2.05) is 24.3 Å².